The van der Waals surface area contributed by atoms with E-state index in [9.17, 15) is 9.90 Å². The second-order valence-corrected chi connectivity index (χ2v) is 9.52. The summed E-state index contributed by atoms with van der Waals surface area (Å²) in [5.74, 6) is -0.264. The van der Waals surface area contributed by atoms with Crippen molar-refractivity contribution in [3.05, 3.63) is 96.6 Å². The number of hydrogen-bond donors (Lipinski definition) is 2. The summed E-state index contributed by atoms with van der Waals surface area (Å²) in [6, 6.07) is 17.0. The highest BCUT2D eigenvalue weighted by molar-refractivity contribution is 9.10. The van der Waals surface area contributed by atoms with Gasteiger partial charge in [0, 0.05) is 15.8 Å². The number of halogens is 2. The van der Waals surface area contributed by atoms with Crippen molar-refractivity contribution in [1.29, 1.82) is 0 Å². The molecule has 0 fully saturated rings. The van der Waals surface area contributed by atoms with E-state index in [2.05, 4.69) is 21.2 Å². The second kappa shape index (κ2) is 7.95. The summed E-state index contributed by atoms with van der Waals surface area (Å²) in [4.78, 5) is 14.1. The number of thiophene rings is 1. The van der Waals surface area contributed by atoms with Crippen LogP contribution in [-0.2, 0) is 10.3 Å². The number of carbonyl (C=O) groups excluding carboxylic acids is 1. The molecular weight excluding hydrogens is 478 g/mol. The summed E-state index contributed by atoms with van der Waals surface area (Å²) in [5.41, 5.74) is 1.02. The zero-order chi connectivity index (χ0) is 19.7. The van der Waals surface area contributed by atoms with Gasteiger partial charge >= 0.3 is 0 Å². The van der Waals surface area contributed by atoms with Crippen molar-refractivity contribution in [2.24, 2.45) is 0 Å². The van der Waals surface area contributed by atoms with Crippen molar-refractivity contribution in [2.45, 2.75) is 16.9 Å². The van der Waals surface area contributed by atoms with E-state index in [1.165, 1.54) is 11.8 Å². The molecule has 0 saturated carbocycles. The van der Waals surface area contributed by atoms with E-state index >= 15 is 0 Å². The first-order valence-corrected chi connectivity index (χ1v) is 11.4. The SMILES string of the molecule is O=C1NC(c2ccsc2)(c2cccc(Br)c2)CC(O)=C1Sc1ccccc1Cl. The Labute approximate surface area is 184 Å². The van der Waals surface area contributed by atoms with Gasteiger partial charge in [-0.3, -0.25) is 4.79 Å². The van der Waals surface area contributed by atoms with Crippen LogP contribution < -0.4 is 5.32 Å². The predicted octanol–water partition coefficient (Wildman–Crippen LogP) is 6.49. The molecule has 1 amide bonds. The smallest absolute Gasteiger partial charge is 0.262 e. The van der Waals surface area contributed by atoms with Crippen LogP contribution in [0.2, 0.25) is 5.02 Å². The van der Waals surface area contributed by atoms with Gasteiger partial charge in [-0.1, -0.05) is 63.6 Å². The Kier molecular flexibility index (Phi) is 5.56. The number of rotatable bonds is 4. The highest BCUT2D eigenvalue weighted by atomic mass is 79.9. The molecule has 28 heavy (non-hydrogen) atoms. The first kappa shape index (κ1) is 19.6. The van der Waals surface area contributed by atoms with Crippen LogP contribution in [0.25, 0.3) is 0 Å². The minimum absolute atomic E-state index is 0.0554. The zero-order valence-electron chi connectivity index (χ0n) is 14.5. The summed E-state index contributed by atoms with van der Waals surface area (Å²) >= 11 is 12.5. The van der Waals surface area contributed by atoms with Crippen molar-refractivity contribution in [2.75, 3.05) is 0 Å². The van der Waals surface area contributed by atoms with Gasteiger partial charge in [0.1, 0.15) is 10.7 Å². The predicted molar refractivity (Wildman–Crippen MR) is 119 cm³/mol. The number of nitrogens with one attached hydrogen (secondary N) is 1. The average Bonchev–Trinajstić information content (AvgIpc) is 3.21. The van der Waals surface area contributed by atoms with Crippen LogP contribution in [0, 0.1) is 0 Å². The molecule has 1 unspecified atom stereocenters. The van der Waals surface area contributed by atoms with Gasteiger partial charge in [-0.05, 0) is 52.2 Å². The Morgan fingerprint density at radius 3 is 2.64 bits per heavy atom. The number of benzene rings is 2. The number of carbonyl (C=O) groups is 1. The Morgan fingerprint density at radius 1 is 1.14 bits per heavy atom. The van der Waals surface area contributed by atoms with E-state index in [-0.39, 0.29) is 23.0 Å². The molecule has 1 aromatic heterocycles. The summed E-state index contributed by atoms with van der Waals surface area (Å²) < 4.78 is 0.911. The van der Waals surface area contributed by atoms with Crippen molar-refractivity contribution in [1.82, 2.24) is 5.32 Å². The molecule has 0 saturated heterocycles. The monoisotopic (exact) mass is 491 g/mol. The first-order chi connectivity index (χ1) is 13.5. The fourth-order valence-corrected chi connectivity index (χ4v) is 5.52. The highest BCUT2D eigenvalue weighted by Gasteiger charge is 2.43. The lowest BCUT2D eigenvalue weighted by Crippen LogP contribution is -2.50. The van der Waals surface area contributed by atoms with Crippen LogP contribution in [0.5, 0.6) is 0 Å². The van der Waals surface area contributed by atoms with Gasteiger partial charge in [-0.2, -0.15) is 11.3 Å². The van der Waals surface area contributed by atoms with Gasteiger partial charge in [0.05, 0.1) is 10.6 Å². The fraction of sp³-hybridized carbons (Fsp3) is 0.0952. The molecule has 1 aliphatic rings. The fourth-order valence-electron chi connectivity index (χ4n) is 3.28. The lowest BCUT2D eigenvalue weighted by molar-refractivity contribution is -0.119. The molecule has 7 heteroatoms. The van der Waals surface area contributed by atoms with Gasteiger partial charge in [0.15, 0.2) is 0 Å². The Morgan fingerprint density at radius 2 is 1.96 bits per heavy atom. The number of hydrogen-bond acceptors (Lipinski definition) is 4. The molecule has 3 aromatic rings. The molecule has 2 heterocycles. The van der Waals surface area contributed by atoms with Crippen molar-refractivity contribution in [3.63, 3.8) is 0 Å². The summed E-state index contributed by atoms with van der Waals surface area (Å²) in [6.07, 6.45) is 0.263. The maximum atomic E-state index is 13.1. The third kappa shape index (κ3) is 3.62. The minimum atomic E-state index is -0.824. The van der Waals surface area contributed by atoms with Gasteiger partial charge < -0.3 is 10.4 Å². The summed E-state index contributed by atoms with van der Waals surface area (Å²) in [7, 11) is 0. The van der Waals surface area contributed by atoms with Crippen molar-refractivity contribution >= 4 is 56.5 Å². The molecule has 3 nitrogen and oxygen atoms in total. The first-order valence-electron chi connectivity index (χ1n) is 8.45. The number of amides is 1. The molecule has 2 N–H and O–H groups in total. The number of aliphatic hydroxyl groups is 1. The van der Waals surface area contributed by atoms with Gasteiger partial charge in [-0.25, -0.2) is 0 Å². The lowest BCUT2D eigenvalue weighted by atomic mass is 9.79. The van der Waals surface area contributed by atoms with Gasteiger partial charge in [0.2, 0.25) is 0 Å². The number of aliphatic hydroxyl groups excluding tert-OH is 1. The molecular formula is C21H15BrClNO2S2. The summed E-state index contributed by atoms with van der Waals surface area (Å²) in [6.45, 7) is 0. The van der Waals surface area contributed by atoms with E-state index in [4.69, 9.17) is 11.6 Å². The van der Waals surface area contributed by atoms with E-state index in [0.29, 0.717) is 5.02 Å². The van der Waals surface area contributed by atoms with Crippen LogP contribution in [-0.4, -0.2) is 11.0 Å². The maximum absolute atomic E-state index is 13.1. The largest absolute Gasteiger partial charge is 0.511 e. The van der Waals surface area contributed by atoms with Crippen molar-refractivity contribution < 1.29 is 9.90 Å². The number of thioether (sulfide) groups is 1. The van der Waals surface area contributed by atoms with E-state index in [0.717, 1.165) is 20.5 Å². The normalized spacial score (nSPS) is 19.6. The standard InChI is InChI=1S/C21H15BrClNO2S2/c22-15-5-3-4-13(10-15)21(14-8-9-27-12-14)11-17(25)19(20(26)24-21)28-18-7-2-1-6-16(18)23/h1-10,12,25H,11H2,(H,24,26). The quantitative estimate of drug-likeness (QED) is 0.438. The molecule has 4 rings (SSSR count). The molecule has 1 aliphatic heterocycles. The Hall–Kier alpha value is -1.73. The lowest BCUT2D eigenvalue weighted by Gasteiger charge is -2.38. The Balaban J connectivity index is 1.79. The van der Waals surface area contributed by atoms with E-state index in [1.54, 1.807) is 17.4 Å². The topological polar surface area (TPSA) is 49.3 Å². The van der Waals surface area contributed by atoms with E-state index in [1.807, 2.05) is 59.3 Å². The molecule has 0 radical (unpaired) electrons. The highest BCUT2D eigenvalue weighted by Crippen LogP contribution is 2.44. The molecule has 142 valence electrons. The van der Waals surface area contributed by atoms with Crippen LogP contribution in [0.1, 0.15) is 17.5 Å². The minimum Gasteiger partial charge on any atom is -0.511 e. The third-order valence-electron chi connectivity index (χ3n) is 4.61. The van der Waals surface area contributed by atoms with Gasteiger partial charge in [-0.15, -0.1) is 0 Å². The Bertz CT molecular complexity index is 1070. The van der Waals surface area contributed by atoms with Crippen LogP contribution in [0.4, 0.5) is 0 Å². The molecule has 1 atom stereocenters. The average molecular weight is 493 g/mol. The third-order valence-corrected chi connectivity index (χ3v) is 7.43. The molecule has 2 aromatic carbocycles. The van der Waals surface area contributed by atoms with E-state index < -0.39 is 5.54 Å². The molecule has 0 aliphatic carbocycles. The van der Waals surface area contributed by atoms with Gasteiger partial charge in [0.25, 0.3) is 5.91 Å². The molecule has 0 bridgehead atoms. The summed E-state index contributed by atoms with van der Waals surface area (Å²) in [5, 5.41) is 18.6. The van der Waals surface area contributed by atoms with Crippen LogP contribution in [0.15, 0.2) is 85.4 Å². The zero-order valence-corrected chi connectivity index (χ0v) is 18.5. The maximum Gasteiger partial charge on any atom is 0.262 e. The second-order valence-electron chi connectivity index (χ2n) is 6.37. The molecule has 0 spiro atoms. The van der Waals surface area contributed by atoms with Crippen LogP contribution >= 0.6 is 50.6 Å². The van der Waals surface area contributed by atoms with Crippen molar-refractivity contribution in [3.8, 4) is 0 Å². The van der Waals surface area contributed by atoms with Crippen LogP contribution in [0.3, 0.4) is 0 Å².